The second kappa shape index (κ2) is 7.58. The number of nitrogens with zero attached hydrogens (tertiary/aromatic N) is 3. The lowest BCUT2D eigenvalue weighted by Gasteiger charge is -2.22. The third-order valence-electron chi connectivity index (χ3n) is 4.47. The fourth-order valence-corrected chi connectivity index (χ4v) is 3.48. The first-order valence-corrected chi connectivity index (χ1v) is 9.30. The van der Waals surface area contributed by atoms with E-state index in [4.69, 9.17) is 27.7 Å². The molecule has 1 aliphatic rings. The van der Waals surface area contributed by atoms with Crippen molar-refractivity contribution in [2.75, 3.05) is 11.9 Å². The topological polar surface area (TPSA) is 71.3 Å². The van der Waals surface area contributed by atoms with Crippen molar-refractivity contribution in [3.05, 3.63) is 64.5 Å². The highest BCUT2D eigenvalue weighted by atomic mass is 35.5. The van der Waals surface area contributed by atoms with Crippen molar-refractivity contribution in [2.24, 2.45) is 0 Å². The molecule has 27 heavy (non-hydrogen) atoms. The van der Waals surface area contributed by atoms with E-state index in [1.54, 1.807) is 23.1 Å². The number of aromatic nitrogens is 2. The summed E-state index contributed by atoms with van der Waals surface area (Å²) < 4.78 is 5.45. The number of halogens is 2. The number of urea groups is 1. The molecule has 1 fully saturated rings. The Morgan fingerprint density at radius 3 is 2.78 bits per heavy atom. The first-order valence-electron chi connectivity index (χ1n) is 8.54. The number of hydrogen-bond donors (Lipinski definition) is 1. The van der Waals surface area contributed by atoms with Gasteiger partial charge in [-0.2, -0.15) is 4.98 Å². The Balaban J connectivity index is 1.53. The molecule has 8 heteroatoms. The van der Waals surface area contributed by atoms with Crippen molar-refractivity contribution >= 4 is 34.9 Å². The number of carbonyl (C=O) groups excluding carboxylic acids is 1. The molecule has 1 atom stereocenters. The minimum Gasteiger partial charge on any atom is -0.337 e. The molecular weight excluding hydrogens is 387 g/mol. The van der Waals surface area contributed by atoms with Gasteiger partial charge in [-0.25, -0.2) is 4.79 Å². The van der Waals surface area contributed by atoms with Gasteiger partial charge in [0.05, 0.1) is 15.7 Å². The molecule has 2 amide bonds. The Hall–Kier alpha value is -2.57. The van der Waals surface area contributed by atoms with Gasteiger partial charge in [0, 0.05) is 12.1 Å². The van der Waals surface area contributed by atoms with Gasteiger partial charge in [0.2, 0.25) is 11.7 Å². The lowest BCUT2D eigenvalue weighted by molar-refractivity contribution is 0.193. The Kier molecular flexibility index (Phi) is 5.01. The summed E-state index contributed by atoms with van der Waals surface area (Å²) in [5, 5.41) is 7.56. The molecule has 1 aromatic heterocycles. The molecule has 0 spiro atoms. The smallest absolute Gasteiger partial charge is 0.322 e. The molecule has 1 saturated heterocycles. The number of nitrogens with one attached hydrogen (secondary N) is 1. The van der Waals surface area contributed by atoms with Gasteiger partial charge in [-0.05, 0) is 25.0 Å². The molecule has 4 rings (SSSR count). The third-order valence-corrected chi connectivity index (χ3v) is 5.28. The zero-order valence-corrected chi connectivity index (χ0v) is 15.7. The van der Waals surface area contributed by atoms with Gasteiger partial charge in [-0.15, -0.1) is 0 Å². The fraction of sp³-hybridized carbons (Fsp3) is 0.211. The average Bonchev–Trinajstić information content (AvgIpc) is 3.35. The normalized spacial score (nSPS) is 16.5. The van der Waals surface area contributed by atoms with E-state index in [9.17, 15) is 4.79 Å². The van der Waals surface area contributed by atoms with Crippen LogP contribution >= 0.6 is 23.2 Å². The molecule has 2 aromatic carbocycles. The third kappa shape index (κ3) is 3.63. The molecule has 6 nitrogen and oxygen atoms in total. The van der Waals surface area contributed by atoms with Crippen molar-refractivity contribution in [3.8, 4) is 11.4 Å². The first kappa shape index (κ1) is 17.8. The SMILES string of the molecule is O=C(Nc1cccc(Cl)c1Cl)N1CCC[C@H]1c1nc(-c2ccccc2)no1. The minimum absolute atomic E-state index is 0.270. The monoisotopic (exact) mass is 402 g/mol. The largest absolute Gasteiger partial charge is 0.337 e. The van der Waals surface area contributed by atoms with Gasteiger partial charge in [0.25, 0.3) is 0 Å². The van der Waals surface area contributed by atoms with Gasteiger partial charge in [-0.1, -0.05) is 64.8 Å². The van der Waals surface area contributed by atoms with Gasteiger partial charge < -0.3 is 14.7 Å². The zero-order chi connectivity index (χ0) is 18.8. The summed E-state index contributed by atoms with van der Waals surface area (Å²) in [5.74, 6) is 0.939. The van der Waals surface area contributed by atoms with E-state index in [0.717, 1.165) is 18.4 Å². The molecule has 2 heterocycles. The predicted octanol–water partition coefficient (Wildman–Crippen LogP) is 5.41. The number of hydrogen-bond acceptors (Lipinski definition) is 4. The van der Waals surface area contributed by atoms with Crippen molar-refractivity contribution in [1.82, 2.24) is 15.0 Å². The lowest BCUT2D eigenvalue weighted by Crippen LogP contribution is -2.34. The molecule has 0 saturated carbocycles. The van der Waals surface area contributed by atoms with Gasteiger partial charge in [-0.3, -0.25) is 0 Å². The highest BCUT2D eigenvalue weighted by molar-refractivity contribution is 6.43. The maximum absolute atomic E-state index is 12.8. The predicted molar refractivity (Wildman–Crippen MR) is 104 cm³/mol. The van der Waals surface area contributed by atoms with Crippen LogP contribution in [0.3, 0.4) is 0 Å². The van der Waals surface area contributed by atoms with Crippen molar-refractivity contribution in [3.63, 3.8) is 0 Å². The molecule has 0 unspecified atom stereocenters. The van der Waals surface area contributed by atoms with E-state index in [0.29, 0.717) is 34.0 Å². The van der Waals surface area contributed by atoms with E-state index < -0.39 is 0 Å². The van der Waals surface area contributed by atoms with E-state index in [2.05, 4.69) is 15.5 Å². The van der Waals surface area contributed by atoms with Crippen LogP contribution in [0.15, 0.2) is 53.1 Å². The van der Waals surface area contributed by atoms with Crippen LogP contribution in [0.2, 0.25) is 10.0 Å². The van der Waals surface area contributed by atoms with Crippen LogP contribution in [0.5, 0.6) is 0 Å². The van der Waals surface area contributed by atoms with Crippen LogP contribution in [0, 0.1) is 0 Å². The van der Waals surface area contributed by atoms with E-state index in [1.165, 1.54) is 0 Å². The Labute approximate surface area is 166 Å². The fourth-order valence-electron chi connectivity index (χ4n) is 3.13. The summed E-state index contributed by atoms with van der Waals surface area (Å²) >= 11 is 12.2. The molecule has 138 valence electrons. The summed E-state index contributed by atoms with van der Waals surface area (Å²) in [5.41, 5.74) is 1.34. The van der Waals surface area contributed by atoms with Gasteiger partial charge >= 0.3 is 6.03 Å². The lowest BCUT2D eigenvalue weighted by atomic mass is 10.2. The van der Waals surface area contributed by atoms with Crippen molar-refractivity contribution in [2.45, 2.75) is 18.9 Å². The molecule has 1 N–H and O–H groups in total. The van der Waals surface area contributed by atoms with E-state index >= 15 is 0 Å². The minimum atomic E-state index is -0.277. The molecular formula is C19H16Cl2N4O2. The van der Waals surface area contributed by atoms with E-state index in [1.807, 2.05) is 30.3 Å². The van der Waals surface area contributed by atoms with Crippen molar-refractivity contribution < 1.29 is 9.32 Å². The highest BCUT2D eigenvalue weighted by Crippen LogP contribution is 2.34. The summed E-state index contributed by atoms with van der Waals surface area (Å²) in [6.45, 7) is 0.595. The Bertz CT molecular complexity index is 961. The maximum Gasteiger partial charge on any atom is 0.322 e. The van der Waals surface area contributed by atoms with Crippen LogP contribution in [-0.4, -0.2) is 27.6 Å². The standard InChI is InChI=1S/C19H16Cl2N4O2/c20-13-8-4-9-14(16(13)21)22-19(26)25-11-5-10-15(25)18-23-17(24-27-18)12-6-2-1-3-7-12/h1-4,6-9,15H,5,10-11H2,(H,22,26)/t15-/m0/s1. The Morgan fingerprint density at radius 1 is 1.15 bits per heavy atom. The van der Waals surface area contributed by atoms with Crippen LogP contribution < -0.4 is 5.32 Å². The highest BCUT2D eigenvalue weighted by Gasteiger charge is 2.34. The molecule has 1 aliphatic heterocycles. The van der Waals surface area contributed by atoms with Crippen LogP contribution in [-0.2, 0) is 0 Å². The molecule has 0 aliphatic carbocycles. The quantitative estimate of drug-likeness (QED) is 0.635. The van der Waals surface area contributed by atoms with Gasteiger partial charge in [0.1, 0.15) is 6.04 Å². The summed E-state index contributed by atoms with van der Waals surface area (Å²) in [6, 6.07) is 14.1. The van der Waals surface area contributed by atoms with Gasteiger partial charge in [0.15, 0.2) is 0 Å². The van der Waals surface area contributed by atoms with Crippen LogP contribution in [0.1, 0.15) is 24.8 Å². The van der Waals surface area contributed by atoms with Crippen LogP contribution in [0.25, 0.3) is 11.4 Å². The maximum atomic E-state index is 12.8. The Morgan fingerprint density at radius 2 is 1.96 bits per heavy atom. The second-order valence-corrected chi connectivity index (χ2v) is 6.99. The molecule has 3 aromatic rings. The number of carbonyl (C=O) groups is 1. The first-order chi connectivity index (χ1) is 13.1. The summed E-state index contributed by atoms with van der Waals surface area (Å²) in [7, 11) is 0. The molecule has 0 radical (unpaired) electrons. The average molecular weight is 403 g/mol. The number of rotatable bonds is 3. The summed E-state index contributed by atoms with van der Waals surface area (Å²) in [4.78, 5) is 18.9. The second-order valence-electron chi connectivity index (χ2n) is 6.21. The number of amides is 2. The number of anilines is 1. The summed E-state index contributed by atoms with van der Waals surface area (Å²) in [6.07, 6.45) is 1.61. The van der Waals surface area contributed by atoms with E-state index in [-0.39, 0.29) is 12.1 Å². The van der Waals surface area contributed by atoms with Crippen molar-refractivity contribution in [1.29, 1.82) is 0 Å². The zero-order valence-electron chi connectivity index (χ0n) is 14.2. The number of benzene rings is 2. The molecule has 0 bridgehead atoms. The number of likely N-dealkylation sites (tertiary alicyclic amines) is 1. The van der Waals surface area contributed by atoms with Crippen LogP contribution in [0.4, 0.5) is 10.5 Å².